The molecule has 0 radical (unpaired) electrons. The number of aromatic nitrogens is 2. The first-order chi connectivity index (χ1) is 9.65. The van der Waals surface area contributed by atoms with Crippen molar-refractivity contribution >= 4 is 23.2 Å². The molecule has 5 heteroatoms. The normalized spacial score (nSPS) is 10.8. The predicted octanol–water partition coefficient (Wildman–Crippen LogP) is 5.02. The second-order valence-corrected chi connectivity index (χ2v) is 5.00. The molecule has 0 amide bonds. The van der Waals surface area contributed by atoms with Gasteiger partial charge >= 0.3 is 0 Å². The van der Waals surface area contributed by atoms with Crippen molar-refractivity contribution in [3.8, 4) is 22.7 Å². The van der Waals surface area contributed by atoms with Crippen molar-refractivity contribution in [2.75, 3.05) is 0 Å². The van der Waals surface area contributed by atoms with Crippen LogP contribution in [0.5, 0.6) is 0 Å². The zero-order valence-corrected chi connectivity index (χ0v) is 12.1. The van der Waals surface area contributed by atoms with Crippen LogP contribution in [0.2, 0.25) is 10.3 Å². The van der Waals surface area contributed by atoms with Crippen molar-refractivity contribution in [3.63, 3.8) is 0 Å². The monoisotopic (exact) mass is 304 g/mol. The van der Waals surface area contributed by atoms with Crippen molar-refractivity contribution in [2.45, 2.75) is 6.92 Å². The molecule has 0 saturated carbocycles. The Hall–Kier alpha value is -1.84. The lowest BCUT2D eigenvalue weighted by molar-refractivity contribution is 0.544. The number of hydrogen-bond acceptors (Lipinski definition) is 3. The molecule has 0 aliphatic carbocycles. The van der Waals surface area contributed by atoms with Gasteiger partial charge in [0.05, 0.1) is 5.56 Å². The van der Waals surface area contributed by atoms with Gasteiger partial charge in [0.25, 0.3) is 0 Å². The van der Waals surface area contributed by atoms with Gasteiger partial charge in [0.15, 0.2) is 11.6 Å². The van der Waals surface area contributed by atoms with Crippen LogP contribution < -0.4 is 0 Å². The Bertz CT molecular complexity index is 731. The highest BCUT2D eigenvalue weighted by Gasteiger charge is 2.16. The number of nitrogens with zero attached hydrogens (tertiary/aromatic N) is 2. The Kier molecular flexibility index (Phi) is 3.47. The molecule has 2 heterocycles. The van der Waals surface area contributed by atoms with Crippen LogP contribution >= 0.6 is 23.2 Å². The second kappa shape index (κ2) is 5.27. The maximum Gasteiger partial charge on any atom is 0.198 e. The molecule has 3 nitrogen and oxygen atoms in total. The van der Waals surface area contributed by atoms with Gasteiger partial charge in [0.2, 0.25) is 0 Å². The fourth-order valence-corrected chi connectivity index (χ4v) is 2.52. The first kappa shape index (κ1) is 13.2. The van der Waals surface area contributed by atoms with Gasteiger partial charge < -0.3 is 4.42 Å². The van der Waals surface area contributed by atoms with E-state index >= 15 is 0 Å². The lowest BCUT2D eigenvalue weighted by Crippen LogP contribution is -1.93. The quantitative estimate of drug-likeness (QED) is 0.624. The van der Waals surface area contributed by atoms with E-state index in [-0.39, 0.29) is 0 Å². The van der Waals surface area contributed by atoms with E-state index in [0.717, 1.165) is 11.3 Å². The van der Waals surface area contributed by atoms with Crippen molar-refractivity contribution < 1.29 is 4.42 Å². The molecule has 20 heavy (non-hydrogen) atoms. The predicted molar refractivity (Wildman–Crippen MR) is 79.9 cm³/mol. The molecule has 1 aromatic carbocycles. The molecule has 0 unspecified atom stereocenters. The minimum Gasteiger partial charge on any atom is -0.458 e. The average molecular weight is 305 g/mol. The summed E-state index contributed by atoms with van der Waals surface area (Å²) in [5.41, 5.74) is 1.51. The maximum absolute atomic E-state index is 6.25. The summed E-state index contributed by atoms with van der Waals surface area (Å²) in [5.74, 6) is 1.71. The molecule has 3 rings (SSSR count). The van der Waals surface area contributed by atoms with Crippen LogP contribution in [0.25, 0.3) is 22.7 Å². The van der Waals surface area contributed by atoms with Gasteiger partial charge in [-0.3, -0.25) is 0 Å². The van der Waals surface area contributed by atoms with Gasteiger partial charge in [0, 0.05) is 0 Å². The van der Waals surface area contributed by atoms with Gasteiger partial charge in [-0.05, 0) is 24.6 Å². The maximum atomic E-state index is 6.25. The first-order valence-corrected chi connectivity index (χ1v) is 6.76. The zero-order valence-electron chi connectivity index (χ0n) is 10.6. The van der Waals surface area contributed by atoms with E-state index in [4.69, 9.17) is 27.6 Å². The van der Waals surface area contributed by atoms with Crippen LogP contribution in [0, 0.1) is 6.92 Å². The minimum absolute atomic E-state index is 0.306. The Morgan fingerprint density at radius 1 is 0.900 bits per heavy atom. The summed E-state index contributed by atoms with van der Waals surface area (Å²) in [6.07, 6.45) is 0. The van der Waals surface area contributed by atoms with Crippen LogP contribution in [0.3, 0.4) is 0 Å². The Balaban J connectivity index is 2.12. The van der Waals surface area contributed by atoms with Gasteiger partial charge in [-0.1, -0.05) is 53.5 Å². The number of aryl methyl sites for hydroxylation is 1. The second-order valence-electron chi connectivity index (χ2n) is 4.28. The number of halogens is 2. The molecule has 0 saturated heterocycles. The van der Waals surface area contributed by atoms with Crippen molar-refractivity contribution in [1.29, 1.82) is 0 Å². The molecule has 3 aromatic rings. The van der Waals surface area contributed by atoms with E-state index < -0.39 is 0 Å². The SMILES string of the molecule is Cc1ccc(-c2nc(Cl)c(-c3ccccc3)c(Cl)n2)o1. The van der Waals surface area contributed by atoms with E-state index in [1.54, 1.807) is 6.07 Å². The lowest BCUT2D eigenvalue weighted by Gasteiger charge is -2.07. The molecule has 0 atom stereocenters. The average Bonchev–Trinajstić information content (AvgIpc) is 2.86. The van der Waals surface area contributed by atoms with Gasteiger partial charge in [-0.25, -0.2) is 9.97 Å². The van der Waals surface area contributed by atoms with E-state index in [0.29, 0.717) is 27.5 Å². The summed E-state index contributed by atoms with van der Waals surface area (Å²) in [6, 6.07) is 13.2. The van der Waals surface area contributed by atoms with Gasteiger partial charge in [-0.2, -0.15) is 0 Å². The standard InChI is InChI=1S/C15H10Cl2N2O/c1-9-7-8-11(20-9)15-18-13(16)12(14(17)19-15)10-5-3-2-4-6-10/h2-8H,1H3. The molecule has 0 aliphatic heterocycles. The largest absolute Gasteiger partial charge is 0.458 e. The number of rotatable bonds is 2. The van der Waals surface area contributed by atoms with Crippen LogP contribution in [-0.4, -0.2) is 9.97 Å². The molecule has 2 aromatic heterocycles. The highest BCUT2D eigenvalue weighted by molar-refractivity contribution is 6.37. The van der Waals surface area contributed by atoms with E-state index in [1.165, 1.54) is 0 Å². The lowest BCUT2D eigenvalue weighted by atomic mass is 10.1. The van der Waals surface area contributed by atoms with Gasteiger partial charge in [-0.15, -0.1) is 0 Å². The number of benzene rings is 1. The third-order valence-corrected chi connectivity index (χ3v) is 3.39. The van der Waals surface area contributed by atoms with Crippen LogP contribution in [0.1, 0.15) is 5.76 Å². The van der Waals surface area contributed by atoms with Crippen LogP contribution in [-0.2, 0) is 0 Å². The highest BCUT2D eigenvalue weighted by Crippen LogP contribution is 2.34. The summed E-state index contributed by atoms with van der Waals surface area (Å²) in [7, 11) is 0. The summed E-state index contributed by atoms with van der Waals surface area (Å²) < 4.78 is 5.48. The highest BCUT2D eigenvalue weighted by atomic mass is 35.5. The molecule has 100 valence electrons. The Morgan fingerprint density at radius 2 is 1.55 bits per heavy atom. The third-order valence-electron chi connectivity index (χ3n) is 2.84. The topological polar surface area (TPSA) is 38.9 Å². The van der Waals surface area contributed by atoms with Crippen molar-refractivity contribution in [1.82, 2.24) is 9.97 Å². The smallest absolute Gasteiger partial charge is 0.198 e. The number of hydrogen-bond donors (Lipinski definition) is 0. The Labute approximate surface area is 126 Å². The molecule has 0 fully saturated rings. The zero-order chi connectivity index (χ0) is 14.1. The van der Waals surface area contributed by atoms with Crippen molar-refractivity contribution in [2.24, 2.45) is 0 Å². The fraction of sp³-hybridized carbons (Fsp3) is 0.0667. The number of furan rings is 1. The van der Waals surface area contributed by atoms with Crippen LogP contribution in [0.4, 0.5) is 0 Å². The van der Waals surface area contributed by atoms with Crippen LogP contribution in [0.15, 0.2) is 46.9 Å². The molecular weight excluding hydrogens is 295 g/mol. The summed E-state index contributed by atoms with van der Waals surface area (Å²) in [4.78, 5) is 8.54. The van der Waals surface area contributed by atoms with E-state index in [9.17, 15) is 0 Å². The minimum atomic E-state index is 0.306. The molecule has 0 spiro atoms. The summed E-state index contributed by atoms with van der Waals surface area (Å²) in [5, 5.41) is 0.612. The first-order valence-electron chi connectivity index (χ1n) is 6.00. The Morgan fingerprint density at radius 3 is 2.10 bits per heavy atom. The van der Waals surface area contributed by atoms with Gasteiger partial charge in [0.1, 0.15) is 16.1 Å². The van der Waals surface area contributed by atoms with E-state index in [2.05, 4.69) is 9.97 Å². The molecular formula is C15H10Cl2N2O. The third kappa shape index (κ3) is 2.42. The molecule has 0 bridgehead atoms. The fourth-order valence-electron chi connectivity index (χ4n) is 1.92. The summed E-state index contributed by atoms with van der Waals surface area (Å²) >= 11 is 12.5. The summed E-state index contributed by atoms with van der Waals surface area (Å²) in [6.45, 7) is 1.85. The molecule has 0 aliphatic rings. The van der Waals surface area contributed by atoms with E-state index in [1.807, 2.05) is 43.3 Å². The molecule has 0 N–H and O–H groups in total. The van der Waals surface area contributed by atoms with Crippen molar-refractivity contribution in [3.05, 3.63) is 58.5 Å².